The molecule has 2 amide bonds. The van der Waals surface area contributed by atoms with Gasteiger partial charge < -0.3 is 9.80 Å². The number of rotatable bonds is 3. The van der Waals surface area contributed by atoms with Crippen molar-refractivity contribution < 1.29 is 9.59 Å². The summed E-state index contributed by atoms with van der Waals surface area (Å²) >= 11 is 1.33. The molecule has 2 aromatic heterocycles. The van der Waals surface area contributed by atoms with E-state index >= 15 is 0 Å². The highest BCUT2D eigenvalue weighted by molar-refractivity contribution is 7.12. The SMILES string of the molecule is CN1CCN(c2ccc3cc(C(=O)N(C)C(=O)c4cccs4)ccc3n2)CC1. The van der Waals surface area contributed by atoms with Crippen LogP contribution in [0.25, 0.3) is 10.9 Å². The monoisotopic (exact) mass is 394 g/mol. The summed E-state index contributed by atoms with van der Waals surface area (Å²) < 4.78 is 0. The zero-order valence-electron chi connectivity index (χ0n) is 16.0. The lowest BCUT2D eigenvalue weighted by Gasteiger charge is -2.33. The molecule has 0 spiro atoms. The van der Waals surface area contributed by atoms with E-state index < -0.39 is 0 Å². The fourth-order valence-corrected chi connectivity index (χ4v) is 4.01. The highest BCUT2D eigenvalue weighted by atomic mass is 32.1. The van der Waals surface area contributed by atoms with Gasteiger partial charge in [0.1, 0.15) is 5.82 Å². The lowest BCUT2D eigenvalue weighted by molar-refractivity contribution is 0.0659. The first kappa shape index (κ1) is 18.6. The lowest BCUT2D eigenvalue weighted by atomic mass is 10.1. The van der Waals surface area contributed by atoms with Gasteiger partial charge in [0.2, 0.25) is 0 Å². The molecule has 1 aliphatic heterocycles. The summed E-state index contributed by atoms with van der Waals surface area (Å²) in [4.78, 5) is 36.2. The second kappa shape index (κ2) is 7.69. The van der Waals surface area contributed by atoms with Crippen LogP contribution in [0.1, 0.15) is 20.0 Å². The Labute approximate surface area is 168 Å². The number of carbonyl (C=O) groups excluding carboxylic acids is 2. The molecule has 6 nitrogen and oxygen atoms in total. The molecule has 3 aromatic rings. The third-order valence-corrected chi connectivity index (χ3v) is 5.95. The molecule has 7 heteroatoms. The average Bonchev–Trinajstić information content (AvgIpc) is 3.27. The van der Waals surface area contributed by atoms with Crippen LogP contribution < -0.4 is 4.90 Å². The number of anilines is 1. The second-order valence-electron chi connectivity index (χ2n) is 7.01. The van der Waals surface area contributed by atoms with Gasteiger partial charge in [-0.05, 0) is 48.8 Å². The first-order chi connectivity index (χ1) is 13.5. The number of hydrogen-bond acceptors (Lipinski definition) is 6. The number of hydrogen-bond donors (Lipinski definition) is 0. The van der Waals surface area contributed by atoms with Gasteiger partial charge in [0.15, 0.2) is 0 Å². The fraction of sp³-hybridized carbons (Fsp3) is 0.286. The number of nitrogens with zero attached hydrogens (tertiary/aromatic N) is 4. The quantitative estimate of drug-likeness (QED) is 0.640. The number of thiophene rings is 1. The van der Waals surface area contributed by atoms with Crippen molar-refractivity contribution >= 4 is 39.9 Å². The van der Waals surface area contributed by atoms with Crippen molar-refractivity contribution in [2.24, 2.45) is 0 Å². The van der Waals surface area contributed by atoms with Gasteiger partial charge in [-0.3, -0.25) is 14.5 Å². The number of benzene rings is 1. The standard InChI is InChI=1S/C21H22N4O2S/c1-23-9-11-25(12-10-23)19-8-6-15-14-16(5-7-17(15)22-19)20(26)24(2)21(27)18-4-3-13-28-18/h3-8,13-14H,9-12H2,1-2H3. The minimum Gasteiger partial charge on any atom is -0.354 e. The molecule has 1 aliphatic rings. The maximum Gasteiger partial charge on any atom is 0.270 e. The van der Waals surface area contributed by atoms with Crippen LogP contribution in [-0.2, 0) is 0 Å². The Kier molecular flexibility index (Phi) is 5.11. The van der Waals surface area contributed by atoms with Gasteiger partial charge in [-0.25, -0.2) is 4.98 Å². The van der Waals surface area contributed by atoms with Gasteiger partial charge in [-0.2, -0.15) is 0 Å². The van der Waals surface area contributed by atoms with Crippen LogP contribution in [0.3, 0.4) is 0 Å². The molecule has 0 unspecified atom stereocenters. The van der Waals surface area contributed by atoms with Gasteiger partial charge in [0.25, 0.3) is 11.8 Å². The fourth-order valence-electron chi connectivity index (χ4n) is 3.31. The van der Waals surface area contributed by atoms with E-state index in [1.807, 2.05) is 23.6 Å². The molecule has 0 bridgehead atoms. The van der Waals surface area contributed by atoms with Gasteiger partial charge in [-0.1, -0.05) is 6.07 Å². The zero-order valence-corrected chi connectivity index (χ0v) is 16.8. The number of aromatic nitrogens is 1. The molecule has 0 radical (unpaired) electrons. The first-order valence-corrected chi connectivity index (χ1v) is 10.1. The van der Waals surface area contributed by atoms with E-state index in [2.05, 4.69) is 16.8 Å². The Morgan fingerprint density at radius 3 is 2.54 bits per heavy atom. The van der Waals surface area contributed by atoms with E-state index in [0.717, 1.165) is 42.9 Å². The molecule has 0 atom stereocenters. The molecule has 4 rings (SSSR count). The maximum absolute atomic E-state index is 12.7. The summed E-state index contributed by atoms with van der Waals surface area (Å²) in [5.74, 6) is 0.358. The normalized spacial score (nSPS) is 15.0. The number of piperazine rings is 1. The number of imide groups is 1. The molecule has 28 heavy (non-hydrogen) atoms. The number of pyridine rings is 1. The number of amides is 2. The van der Waals surface area contributed by atoms with E-state index in [1.165, 1.54) is 23.3 Å². The lowest BCUT2D eigenvalue weighted by Crippen LogP contribution is -2.44. The van der Waals surface area contributed by atoms with Crippen molar-refractivity contribution in [3.8, 4) is 0 Å². The van der Waals surface area contributed by atoms with Crippen LogP contribution >= 0.6 is 11.3 Å². The third kappa shape index (κ3) is 3.63. The first-order valence-electron chi connectivity index (χ1n) is 9.23. The molecule has 1 aromatic carbocycles. The molecule has 0 aliphatic carbocycles. The Hall–Kier alpha value is -2.77. The summed E-state index contributed by atoms with van der Waals surface area (Å²) in [5.41, 5.74) is 1.33. The molecule has 1 fully saturated rings. The van der Waals surface area contributed by atoms with Crippen LogP contribution in [0.2, 0.25) is 0 Å². The van der Waals surface area contributed by atoms with Crippen LogP contribution in [0.5, 0.6) is 0 Å². The van der Waals surface area contributed by atoms with E-state index in [-0.39, 0.29) is 11.8 Å². The predicted octanol–water partition coefficient (Wildman–Crippen LogP) is 2.96. The summed E-state index contributed by atoms with van der Waals surface area (Å²) in [6.45, 7) is 3.97. The van der Waals surface area contributed by atoms with Crippen molar-refractivity contribution in [3.63, 3.8) is 0 Å². The Morgan fingerprint density at radius 1 is 1.04 bits per heavy atom. The van der Waals surface area contributed by atoms with Crippen molar-refractivity contribution in [2.45, 2.75) is 0 Å². The van der Waals surface area contributed by atoms with E-state index in [1.54, 1.807) is 24.3 Å². The van der Waals surface area contributed by atoms with Crippen molar-refractivity contribution in [3.05, 3.63) is 58.3 Å². The molecule has 0 N–H and O–H groups in total. The largest absolute Gasteiger partial charge is 0.354 e. The maximum atomic E-state index is 12.7. The highest BCUT2D eigenvalue weighted by Crippen LogP contribution is 2.21. The van der Waals surface area contributed by atoms with Gasteiger partial charge in [-0.15, -0.1) is 11.3 Å². The summed E-state index contributed by atoms with van der Waals surface area (Å²) in [6, 6.07) is 12.9. The van der Waals surface area contributed by atoms with E-state index in [9.17, 15) is 9.59 Å². The average molecular weight is 395 g/mol. The second-order valence-corrected chi connectivity index (χ2v) is 7.96. The van der Waals surface area contributed by atoms with Crippen molar-refractivity contribution in [1.29, 1.82) is 0 Å². The van der Waals surface area contributed by atoms with Gasteiger partial charge in [0, 0.05) is 44.2 Å². The zero-order chi connectivity index (χ0) is 19.7. The predicted molar refractivity (Wildman–Crippen MR) is 112 cm³/mol. The van der Waals surface area contributed by atoms with E-state index in [0.29, 0.717) is 10.4 Å². The minimum atomic E-state index is -0.316. The number of fused-ring (bicyclic) bond motifs is 1. The van der Waals surface area contributed by atoms with Crippen LogP contribution in [0.15, 0.2) is 47.8 Å². The smallest absolute Gasteiger partial charge is 0.270 e. The molecular weight excluding hydrogens is 372 g/mol. The van der Waals surface area contributed by atoms with Crippen LogP contribution in [0.4, 0.5) is 5.82 Å². The van der Waals surface area contributed by atoms with Crippen molar-refractivity contribution in [1.82, 2.24) is 14.8 Å². The van der Waals surface area contributed by atoms with Crippen LogP contribution in [0, 0.1) is 0 Å². The Balaban J connectivity index is 1.55. The summed E-state index contributed by atoms with van der Waals surface area (Å²) in [5, 5.41) is 2.71. The molecule has 3 heterocycles. The third-order valence-electron chi connectivity index (χ3n) is 5.09. The van der Waals surface area contributed by atoms with E-state index in [4.69, 9.17) is 4.98 Å². The topological polar surface area (TPSA) is 56.8 Å². The van der Waals surface area contributed by atoms with Gasteiger partial charge in [0.05, 0.1) is 10.4 Å². The minimum absolute atomic E-state index is 0.288. The van der Waals surface area contributed by atoms with Crippen LogP contribution in [-0.4, -0.2) is 66.9 Å². The molecule has 0 saturated carbocycles. The highest BCUT2D eigenvalue weighted by Gasteiger charge is 2.21. The molecule has 144 valence electrons. The van der Waals surface area contributed by atoms with Gasteiger partial charge >= 0.3 is 0 Å². The Bertz CT molecular complexity index is 1010. The number of carbonyl (C=O) groups is 2. The summed E-state index contributed by atoms with van der Waals surface area (Å²) in [7, 11) is 3.65. The molecular formula is C21H22N4O2S. The Morgan fingerprint density at radius 2 is 1.82 bits per heavy atom. The summed E-state index contributed by atoms with van der Waals surface area (Å²) in [6.07, 6.45) is 0. The van der Waals surface area contributed by atoms with Crippen molar-refractivity contribution in [2.75, 3.05) is 45.2 Å². The molecule has 1 saturated heterocycles. The number of likely N-dealkylation sites (N-methyl/N-ethyl adjacent to an activating group) is 1.